The lowest BCUT2D eigenvalue weighted by molar-refractivity contribution is -0.156. The molecule has 5 heteroatoms. The third-order valence-corrected chi connectivity index (χ3v) is 2.97. The summed E-state index contributed by atoms with van der Waals surface area (Å²) in [4.78, 5) is 14.1. The Morgan fingerprint density at radius 2 is 2.00 bits per heavy atom. The van der Waals surface area contributed by atoms with E-state index in [2.05, 4.69) is 10.2 Å². The van der Waals surface area contributed by atoms with Crippen molar-refractivity contribution in [3.8, 4) is 0 Å². The number of nitrogens with one attached hydrogen (secondary N) is 1. The van der Waals surface area contributed by atoms with Crippen molar-refractivity contribution in [1.82, 2.24) is 10.2 Å². The summed E-state index contributed by atoms with van der Waals surface area (Å²) in [6, 6.07) is -0.246. The van der Waals surface area contributed by atoms with Crippen molar-refractivity contribution >= 4 is 5.97 Å². The summed E-state index contributed by atoms with van der Waals surface area (Å²) in [6.07, 6.45) is 1.03. The molecule has 5 nitrogen and oxygen atoms in total. The highest BCUT2D eigenvalue weighted by Gasteiger charge is 2.21. The predicted molar refractivity (Wildman–Crippen MR) is 75.2 cm³/mol. The first kappa shape index (κ1) is 16.4. The van der Waals surface area contributed by atoms with Crippen molar-refractivity contribution in [3.63, 3.8) is 0 Å². The molecule has 0 spiro atoms. The van der Waals surface area contributed by atoms with E-state index < -0.39 is 5.60 Å². The Labute approximate surface area is 116 Å². The molecule has 0 saturated carbocycles. The lowest BCUT2D eigenvalue weighted by atomic mass is 10.2. The average Bonchev–Trinajstić information content (AvgIpc) is 2.33. The third-order valence-electron chi connectivity index (χ3n) is 2.97. The number of carbonyl (C=O) groups is 1. The lowest BCUT2D eigenvalue weighted by Crippen LogP contribution is -2.41. The molecule has 0 aromatic carbocycles. The van der Waals surface area contributed by atoms with Crippen LogP contribution in [0.25, 0.3) is 0 Å². The first-order valence-corrected chi connectivity index (χ1v) is 7.15. The molecule has 1 aliphatic rings. The highest BCUT2D eigenvalue weighted by molar-refractivity contribution is 5.75. The number of nitrogens with zero attached hydrogens (tertiary/aromatic N) is 1. The van der Waals surface area contributed by atoms with Crippen molar-refractivity contribution in [2.75, 3.05) is 39.4 Å². The standard InChI is InChI=1S/C14H28N2O3/c1-12(13(17)19-14(2,3)4)15-6-5-7-16-8-10-18-11-9-16/h12,15H,5-11H2,1-4H3. The number of morpholine rings is 1. The van der Waals surface area contributed by atoms with Gasteiger partial charge in [-0.1, -0.05) is 0 Å². The van der Waals surface area contributed by atoms with Gasteiger partial charge in [-0.2, -0.15) is 0 Å². The molecule has 1 aliphatic heterocycles. The second-order valence-corrected chi connectivity index (χ2v) is 6.02. The quantitative estimate of drug-likeness (QED) is 0.578. The highest BCUT2D eigenvalue weighted by atomic mass is 16.6. The maximum Gasteiger partial charge on any atom is 0.323 e. The zero-order chi connectivity index (χ0) is 14.3. The van der Waals surface area contributed by atoms with Crippen LogP contribution in [0.4, 0.5) is 0 Å². The summed E-state index contributed by atoms with van der Waals surface area (Å²) in [5.74, 6) is -0.182. The maximum atomic E-state index is 11.7. The van der Waals surface area contributed by atoms with Crippen molar-refractivity contribution in [2.45, 2.75) is 45.8 Å². The zero-order valence-electron chi connectivity index (χ0n) is 12.7. The summed E-state index contributed by atoms with van der Waals surface area (Å²) in [5.41, 5.74) is -0.416. The van der Waals surface area contributed by atoms with E-state index in [-0.39, 0.29) is 12.0 Å². The van der Waals surface area contributed by atoms with Gasteiger partial charge in [-0.3, -0.25) is 9.69 Å². The number of carbonyl (C=O) groups excluding carboxylic acids is 1. The van der Waals surface area contributed by atoms with E-state index in [1.54, 1.807) is 0 Å². The Hall–Kier alpha value is -0.650. The van der Waals surface area contributed by atoms with Gasteiger partial charge >= 0.3 is 5.97 Å². The van der Waals surface area contributed by atoms with E-state index in [1.807, 2.05) is 27.7 Å². The van der Waals surface area contributed by atoms with E-state index in [0.29, 0.717) is 0 Å². The normalized spacial score (nSPS) is 19.2. The smallest absolute Gasteiger partial charge is 0.323 e. The zero-order valence-corrected chi connectivity index (χ0v) is 12.7. The molecule has 1 atom stereocenters. The molecule has 112 valence electrons. The van der Waals surface area contributed by atoms with Gasteiger partial charge in [0.2, 0.25) is 0 Å². The Kier molecular flexibility index (Phi) is 6.75. The number of esters is 1. The Balaban J connectivity index is 2.09. The number of rotatable bonds is 6. The molecule has 1 N–H and O–H groups in total. The first-order valence-electron chi connectivity index (χ1n) is 7.15. The Bertz CT molecular complexity index is 270. The van der Waals surface area contributed by atoms with E-state index in [0.717, 1.165) is 45.8 Å². The van der Waals surface area contributed by atoms with Gasteiger partial charge in [-0.05, 0) is 47.2 Å². The van der Waals surface area contributed by atoms with Crippen LogP contribution in [0.2, 0.25) is 0 Å². The minimum Gasteiger partial charge on any atom is -0.459 e. The van der Waals surface area contributed by atoms with Crippen molar-refractivity contribution < 1.29 is 14.3 Å². The van der Waals surface area contributed by atoms with Gasteiger partial charge < -0.3 is 14.8 Å². The molecule has 1 rings (SSSR count). The number of hydrogen-bond donors (Lipinski definition) is 1. The number of hydrogen-bond acceptors (Lipinski definition) is 5. The lowest BCUT2D eigenvalue weighted by Gasteiger charge is -2.27. The van der Waals surface area contributed by atoms with Gasteiger partial charge in [-0.25, -0.2) is 0 Å². The molecule has 0 aliphatic carbocycles. The molecule has 0 aromatic rings. The van der Waals surface area contributed by atoms with Crippen LogP contribution in [0.15, 0.2) is 0 Å². The van der Waals surface area contributed by atoms with Crippen LogP contribution < -0.4 is 5.32 Å². The van der Waals surface area contributed by atoms with Gasteiger partial charge in [0.1, 0.15) is 11.6 Å². The second-order valence-electron chi connectivity index (χ2n) is 6.02. The molecule has 0 radical (unpaired) electrons. The van der Waals surface area contributed by atoms with Crippen molar-refractivity contribution in [2.24, 2.45) is 0 Å². The molecule has 0 amide bonds. The maximum absolute atomic E-state index is 11.7. The van der Waals surface area contributed by atoms with Gasteiger partial charge in [0.25, 0.3) is 0 Å². The number of ether oxygens (including phenoxy) is 2. The van der Waals surface area contributed by atoms with Gasteiger partial charge in [0.15, 0.2) is 0 Å². The van der Waals surface area contributed by atoms with Crippen molar-refractivity contribution in [1.29, 1.82) is 0 Å². The van der Waals surface area contributed by atoms with Crippen LogP contribution in [-0.2, 0) is 14.3 Å². The van der Waals surface area contributed by atoms with Crippen molar-refractivity contribution in [3.05, 3.63) is 0 Å². The van der Waals surface area contributed by atoms with E-state index in [9.17, 15) is 4.79 Å². The summed E-state index contributed by atoms with van der Waals surface area (Å²) >= 11 is 0. The predicted octanol–water partition coefficient (Wildman–Crippen LogP) is 1.03. The van der Waals surface area contributed by atoms with Gasteiger partial charge in [0, 0.05) is 13.1 Å². The topological polar surface area (TPSA) is 50.8 Å². The minimum atomic E-state index is -0.416. The van der Waals surface area contributed by atoms with Crippen LogP contribution in [0.5, 0.6) is 0 Å². The van der Waals surface area contributed by atoms with E-state index >= 15 is 0 Å². The van der Waals surface area contributed by atoms with E-state index in [4.69, 9.17) is 9.47 Å². The van der Waals surface area contributed by atoms with Gasteiger partial charge in [-0.15, -0.1) is 0 Å². The molecule has 0 aromatic heterocycles. The molecule has 0 bridgehead atoms. The summed E-state index contributed by atoms with van der Waals surface area (Å²) in [7, 11) is 0. The van der Waals surface area contributed by atoms with Crippen LogP contribution >= 0.6 is 0 Å². The summed E-state index contributed by atoms with van der Waals surface area (Å²) < 4.78 is 10.6. The summed E-state index contributed by atoms with van der Waals surface area (Å²) in [5, 5.41) is 3.21. The Morgan fingerprint density at radius 1 is 1.37 bits per heavy atom. The average molecular weight is 272 g/mol. The summed E-state index contributed by atoms with van der Waals surface area (Å²) in [6.45, 7) is 13.1. The molecule has 1 saturated heterocycles. The Morgan fingerprint density at radius 3 is 2.58 bits per heavy atom. The molecule has 19 heavy (non-hydrogen) atoms. The molecular weight excluding hydrogens is 244 g/mol. The second kappa shape index (κ2) is 7.82. The third kappa shape index (κ3) is 7.50. The van der Waals surface area contributed by atoms with Crippen LogP contribution in [0.3, 0.4) is 0 Å². The monoisotopic (exact) mass is 272 g/mol. The van der Waals surface area contributed by atoms with Crippen LogP contribution in [-0.4, -0.2) is 61.9 Å². The highest BCUT2D eigenvalue weighted by Crippen LogP contribution is 2.08. The molecule has 1 fully saturated rings. The largest absolute Gasteiger partial charge is 0.459 e. The molecule has 1 heterocycles. The van der Waals surface area contributed by atoms with Crippen LogP contribution in [0, 0.1) is 0 Å². The first-order chi connectivity index (χ1) is 8.88. The molecular formula is C14H28N2O3. The van der Waals surface area contributed by atoms with Crippen LogP contribution in [0.1, 0.15) is 34.1 Å². The fourth-order valence-corrected chi connectivity index (χ4v) is 1.92. The SMILES string of the molecule is CC(NCCCN1CCOCC1)C(=O)OC(C)(C)C. The molecule has 1 unspecified atom stereocenters. The van der Waals surface area contributed by atoms with Gasteiger partial charge in [0.05, 0.1) is 13.2 Å². The fourth-order valence-electron chi connectivity index (χ4n) is 1.92. The minimum absolute atomic E-state index is 0.182. The fraction of sp³-hybridized carbons (Fsp3) is 0.929. The van der Waals surface area contributed by atoms with E-state index in [1.165, 1.54) is 0 Å².